The normalized spacial score (nSPS) is 21.5. The van der Waals surface area contributed by atoms with Crippen molar-refractivity contribution in [1.82, 2.24) is 15.5 Å². The monoisotopic (exact) mass is 475 g/mol. The fourth-order valence-corrected chi connectivity index (χ4v) is 4.10. The summed E-state index contributed by atoms with van der Waals surface area (Å²) in [5.41, 5.74) is 0.381. The summed E-state index contributed by atoms with van der Waals surface area (Å²) in [4.78, 5) is 46.3. The van der Waals surface area contributed by atoms with Gasteiger partial charge in [0.15, 0.2) is 0 Å². The van der Waals surface area contributed by atoms with Gasteiger partial charge in [-0.2, -0.15) is 0 Å². The van der Waals surface area contributed by atoms with Gasteiger partial charge in [0.05, 0.1) is 12.2 Å². The summed E-state index contributed by atoms with van der Waals surface area (Å²) in [6.07, 6.45) is 5.40. The van der Waals surface area contributed by atoms with Crippen LogP contribution >= 0.6 is 0 Å². The number of ether oxygens (including phenoxy) is 1. The second-order valence-electron chi connectivity index (χ2n) is 8.86. The molecule has 34 heavy (non-hydrogen) atoms. The largest absolute Gasteiger partial charge is 0.492 e. The number of imide groups is 1. The molecule has 10 heteroatoms. The Morgan fingerprint density at radius 2 is 1.62 bits per heavy atom. The Bertz CT molecular complexity index is 886. The van der Waals surface area contributed by atoms with Crippen LogP contribution in [0.3, 0.4) is 0 Å². The second-order valence-corrected chi connectivity index (χ2v) is 8.86. The van der Waals surface area contributed by atoms with Crippen molar-refractivity contribution in [3.63, 3.8) is 0 Å². The molecule has 2 bridgehead atoms. The first-order chi connectivity index (χ1) is 16.1. The van der Waals surface area contributed by atoms with Crippen LogP contribution in [-0.2, 0) is 9.59 Å². The Morgan fingerprint density at radius 3 is 2.15 bits per heavy atom. The minimum absolute atomic E-state index is 0.129. The molecule has 10 nitrogen and oxygen atoms in total. The molecule has 2 aliphatic rings. The van der Waals surface area contributed by atoms with Crippen LogP contribution in [0.25, 0.3) is 0 Å². The minimum Gasteiger partial charge on any atom is -0.492 e. The molecule has 0 spiro atoms. The Kier molecular flexibility index (Phi) is 10.1. The van der Waals surface area contributed by atoms with Gasteiger partial charge < -0.3 is 25.2 Å². The summed E-state index contributed by atoms with van der Waals surface area (Å²) >= 11 is 0. The highest BCUT2D eigenvalue weighted by Crippen LogP contribution is 2.34. The maximum Gasteiger partial charge on any atom is 0.328 e. The number of carbonyl (C=O) groups is 4. The fourth-order valence-electron chi connectivity index (χ4n) is 4.10. The van der Waals surface area contributed by atoms with Crippen LogP contribution in [0.4, 0.5) is 4.79 Å². The minimum atomic E-state index is -1.26. The van der Waals surface area contributed by atoms with Crippen molar-refractivity contribution in [2.45, 2.75) is 57.7 Å². The summed E-state index contributed by atoms with van der Waals surface area (Å²) in [5, 5.41) is 21.0. The van der Waals surface area contributed by atoms with E-state index >= 15 is 0 Å². The third-order valence-electron chi connectivity index (χ3n) is 5.73. The third-order valence-corrected chi connectivity index (χ3v) is 5.73. The molecule has 2 atom stereocenters. The number of fused-ring (bicyclic) bond motifs is 2. The summed E-state index contributed by atoms with van der Waals surface area (Å²) in [7, 11) is 2.16. The van der Waals surface area contributed by atoms with Crippen LogP contribution in [0.5, 0.6) is 5.75 Å². The molecule has 0 radical (unpaired) electrons. The first kappa shape index (κ1) is 26.8. The molecule has 1 aromatic rings. The Balaban J connectivity index is 0.000000440. The molecule has 0 saturated carbocycles. The highest BCUT2D eigenvalue weighted by molar-refractivity contribution is 6.05. The summed E-state index contributed by atoms with van der Waals surface area (Å²) in [6, 6.07) is 7.80. The van der Waals surface area contributed by atoms with Gasteiger partial charge in [-0.05, 0) is 50.8 Å². The fraction of sp³-hybridized carbons (Fsp3) is 0.500. The molecule has 2 heterocycles. The number of hydrogen-bond donors (Lipinski definition) is 4. The van der Waals surface area contributed by atoms with Gasteiger partial charge in [-0.3, -0.25) is 10.1 Å². The van der Waals surface area contributed by atoms with Gasteiger partial charge in [-0.1, -0.05) is 26.0 Å². The number of carboxylic acid groups (broad SMARTS) is 2. The number of hydrogen-bond acceptors (Lipinski definition) is 6. The Hall–Kier alpha value is -3.40. The third kappa shape index (κ3) is 8.51. The number of nitrogens with zero attached hydrogens (tertiary/aromatic N) is 1. The quantitative estimate of drug-likeness (QED) is 0.440. The number of carboxylic acids is 2. The highest BCUT2D eigenvalue weighted by Gasteiger charge is 2.38. The van der Waals surface area contributed by atoms with Crippen LogP contribution in [0, 0.1) is 5.92 Å². The van der Waals surface area contributed by atoms with E-state index in [4.69, 9.17) is 14.9 Å². The molecule has 2 saturated heterocycles. The molecule has 2 unspecified atom stereocenters. The van der Waals surface area contributed by atoms with E-state index < -0.39 is 23.9 Å². The molecule has 3 amide bonds. The van der Waals surface area contributed by atoms with E-state index in [-0.39, 0.29) is 6.04 Å². The van der Waals surface area contributed by atoms with E-state index in [0.29, 0.717) is 48.1 Å². The smallest absolute Gasteiger partial charge is 0.328 e. The van der Waals surface area contributed by atoms with Crippen LogP contribution in [0.2, 0.25) is 0 Å². The molecule has 2 aliphatic heterocycles. The number of amides is 3. The number of aliphatic carboxylic acids is 2. The van der Waals surface area contributed by atoms with Crippen molar-refractivity contribution in [3.8, 4) is 5.75 Å². The molecule has 1 aromatic carbocycles. The number of benzene rings is 1. The van der Waals surface area contributed by atoms with Crippen molar-refractivity contribution in [3.05, 3.63) is 42.0 Å². The Labute approximate surface area is 199 Å². The predicted molar refractivity (Wildman–Crippen MR) is 125 cm³/mol. The van der Waals surface area contributed by atoms with E-state index in [2.05, 4.69) is 22.6 Å². The number of piperidine rings is 1. The molecule has 2 fully saturated rings. The van der Waals surface area contributed by atoms with Crippen LogP contribution < -0.4 is 15.4 Å². The van der Waals surface area contributed by atoms with Gasteiger partial charge >= 0.3 is 18.0 Å². The second kappa shape index (κ2) is 12.7. The summed E-state index contributed by atoms with van der Waals surface area (Å²) in [6.45, 7) is 4.62. The van der Waals surface area contributed by atoms with Gasteiger partial charge in [0, 0.05) is 30.3 Å². The molecule has 3 rings (SSSR count). The average Bonchev–Trinajstić information content (AvgIpc) is 2.97. The van der Waals surface area contributed by atoms with E-state index in [1.54, 1.807) is 18.2 Å². The van der Waals surface area contributed by atoms with Crippen LogP contribution in [0.1, 0.15) is 49.9 Å². The maximum absolute atomic E-state index is 12.5. The molecular formula is C24H33N3O7. The number of nitrogens with one attached hydrogen (secondary N) is 2. The summed E-state index contributed by atoms with van der Waals surface area (Å²) in [5.74, 6) is -2.09. The molecule has 4 N–H and O–H groups in total. The molecule has 186 valence electrons. The number of para-hydroxylation sites is 1. The zero-order chi connectivity index (χ0) is 25.3. The average molecular weight is 476 g/mol. The van der Waals surface area contributed by atoms with Gasteiger partial charge in [-0.15, -0.1) is 0 Å². The van der Waals surface area contributed by atoms with Gasteiger partial charge in [-0.25, -0.2) is 14.4 Å². The Morgan fingerprint density at radius 1 is 1.06 bits per heavy atom. The zero-order valence-electron chi connectivity index (χ0n) is 19.7. The molecule has 0 aliphatic carbocycles. The topological polar surface area (TPSA) is 145 Å². The van der Waals surface area contributed by atoms with E-state index in [1.807, 2.05) is 19.9 Å². The van der Waals surface area contributed by atoms with Crippen molar-refractivity contribution in [1.29, 1.82) is 0 Å². The van der Waals surface area contributed by atoms with Crippen LogP contribution in [-0.4, -0.2) is 70.8 Å². The summed E-state index contributed by atoms with van der Waals surface area (Å²) < 4.78 is 5.70. The van der Waals surface area contributed by atoms with E-state index in [0.717, 1.165) is 12.8 Å². The number of carbonyl (C=O) groups excluding carboxylic acids is 2. The number of rotatable bonds is 7. The van der Waals surface area contributed by atoms with Crippen molar-refractivity contribution >= 4 is 23.9 Å². The first-order valence-corrected chi connectivity index (χ1v) is 11.3. The number of urea groups is 1. The predicted octanol–water partition coefficient (Wildman–Crippen LogP) is 2.50. The van der Waals surface area contributed by atoms with Crippen LogP contribution in [0.15, 0.2) is 36.4 Å². The zero-order valence-corrected chi connectivity index (χ0v) is 19.7. The van der Waals surface area contributed by atoms with Gasteiger partial charge in [0.25, 0.3) is 5.91 Å². The van der Waals surface area contributed by atoms with E-state index in [1.165, 1.54) is 12.8 Å². The first-order valence-electron chi connectivity index (χ1n) is 11.3. The SMILES string of the molecule is CC(C)COc1ccccc1C(=O)NC(=O)NC1CC2CCC(C1)N2C.O=C(O)/C=C/C(=O)O. The molecular weight excluding hydrogens is 442 g/mol. The lowest BCUT2D eigenvalue weighted by atomic mass is 9.98. The maximum atomic E-state index is 12.5. The lowest BCUT2D eigenvalue weighted by Crippen LogP contribution is -2.51. The standard InChI is InChI=1S/C20H29N3O3.C4H4O4/c1-13(2)12-26-18-7-5-4-6-17(18)19(24)22-20(25)21-14-10-15-8-9-16(11-14)23(15)3;5-3(6)1-2-4(7)8/h4-7,13-16H,8-12H2,1-3H3,(H2,21,22,24,25);1-2H,(H,5,6)(H,7,8)/b;2-1+. The lowest BCUT2D eigenvalue weighted by molar-refractivity contribution is -0.134. The lowest BCUT2D eigenvalue weighted by Gasteiger charge is -2.36. The van der Waals surface area contributed by atoms with Crippen molar-refractivity contribution < 1.29 is 34.1 Å². The molecule has 0 aromatic heterocycles. The van der Waals surface area contributed by atoms with Crippen molar-refractivity contribution in [2.75, 3.05) is 13.7 Å². The van der Waals surface area contributed by atoms with Crippen molar-refractivity contribution in [2.24, 2.45) is 5.92 Å². The highest BCUT2D eigenvalue weighted by atomic mass is 16.5. The van der Waals surface area contributed by atoms with E-state index in [9.17, 15) is 19.2 Å². The van der Waals surface area contributed by atoms with Gasteiger partial charge in [0.1, 0.15) is 5.75 Å². The van der Waals surface area contributed by atoms with Gasteiger partial charge in [0.2, 0.25) is 0 Å².